The highest BCUT2D eigenvalue weighted by atomic mass is 16.5. The Morgan fingerprint density at radius 2 is 2.00 bits per heavy atom. The number of morpholine rings is 1. The number of anilines is 1. The van der Waals surface area contributed by atoms with Gasteiger partial charge >= 0.3 is 5.97 Å². The number of benzene rings is 1. The van der Waals surface area contributed by atoms with Crippen molar-refractivity contribution < 1.29 is 14.3 Å². The molecule has 22 heavy (non-hydrogen) atoms. The molecule has 1 aliphatic rings. The third kappa shape index (κ3) is 3.78. The molecule has 5 nitrogen and oxygen atoms in total. The van der Waals surface area contributed by atoms with E-state index in [2.05, 4.69) is 30.9 Å². The molecule has 0 aromatic heterocycles. The summed E-state index contributed by atoms with van der Waals surface area (Å²) < 4.78 is 10.4. The Hall–Kier alpha value is -1.59. The molecule has 2 rings (SSSR count). The minimum Gasteiger partial charge on any atom is -0.465 e. The van der Waals surface area contributed by atoms with E-state index in [0.29, 0.717) is 13.0 Å². The van der Waals surface area contributed by atoms with E-state index in [1.807, 2.05) is 0 Å². The van der Waals surface area contributed by atoms with Gasteiger partial charge in [-0.25, -0.2) is 0 Å². The van der Waals surface area contributed by atoms with Crippen LogP contribution in [0.1, 0.15) is 23.6 Å². The molecule has 0 aliphatic carbocycles. The molecule has 1 aromatic rings. The fourth-order valence-corrected chi connectivity index (χ4v) is 2.80. The van der Waals surface area contributed by atoms with Crippen molar-refractivity contribution >= 4 is 11.7 Å². The Labute approximate surface area is 132 Å². The molecule has 1 atom stereocenters. The second kappa shape index (κ2) is 7.61. The molecule has 1 aliphatic heterocycles. The Kier molecular flexibility index (Phi) is 5.80. The molecule has 1 saturated heterocycles. The van der Waals surface area contributed by atoms with Crippen LogP contribution in [0.15, 0.2) is 12.1 Å². The Morgan fingerprint density at radius 1 is 1.32 bits per heavy atom. The predicted molar refractivity (Wildman–Crippen MR) is 87.3 cm³/mol. The molecule has 1 fully saturated rings. The number of nitrogens with two attached hydrogens (primary N) is 1. The van der Waals surface area contributed by atoms with Crippen LogP contribution in [0, 0.1) is 13.8 Å². The second-order valence-electron chi connectivity index (χ2n) is 5.66. The van der Waals surface area contributed by atoms with E-state index in [9.17, 15) is 4.79 Å². The van der Waals surface area contributed by atoms with Crippen molar-refractivity contribution in [3.63, 3.8) is 0 Å². The Bertz CT molecular complexity index is 525. The SMILES string of the molecule is CCOC(=O)C(N)Cc1ccc(N2CCOCC2)c(C)c1C. The van der Waals surface area contributed by atoms with Crippen LogP contribution in [0.2, 0.25) is 0 Å². The quantitative estimate of drug-likeness (QED) is 0.837. The molecular formula is C17H26N2O3. The summed E-state index contributed by atoms with van der Waals surface area (Å²) >= 11 is 0. The zero-order valence-electron chi connectivity index (χ0n) is 13.7. The number of ether oxygens (including phenoxy) is 2. The van der Waals surface area contributed by atoms with Crippen LogP contribution >= 0.6 is 0 Å². The predicted octanol–water partition coefficient (Wildman–Crippen LogP) is 1.57. The van der Waals surface area contributed by atoms with Gasteiger partial charge in [0.15, 0.2) is 0 Å². The van der Waals surface area contributed by atoms with E-state index in [1.54, 1.807) is 6.92 Å². The van der Waals surface area contributed by atoms with E-state index in [4.69, 9.17) is 15.2 Å². The van der Waals surface area contributed by atoms with Gasteiger partial charge in [-0.2, -0.15) is 0 Å². The number of rotatable bonds is 5. The van der Waals surface area contributed by atoms with Gasteiger partial charge in [0.2, 0.25) is 0 Å². The van der Waals surface area contributed by atoms with Crippen LogP contribution in [0.4, 0.5) is 5.69 Å². The fourth-order valence-electron chi connectivity index (χ4n) is 2.80. The first-order valence-electron chi connectivity index (χ1n) is 7.88. The highest BCUT2D eigenvalue weighted by molar-refractivity contribution is 5.76. The summed E-state index contributed by atoms with van der Waals surface area (Å²) in [7, 11) is 0. The third-order valence-electron chi connectivity index (χ3n) is 4.25. The van der Waals surface area contributed by atoms with Crippen molar-refractivity contribution in [3.8, 4) is 0 Å². The van der Waals surface area contributed by atoms with Crippen molar-refractivity contribution in [1.29, 1.82) is 0 Å². The van der Waals surface area contributed by atoms with Gasteiger partial charge in [-0.3, -0.25) is 4.79 Å². The number of esters is 1. The van der Waals surface area contributed by atoms with Crippen molar-refractivity contribution in [2.24, 2.45) is 5.73 Å². The number of hydrogen-bond donors (Lipinski definition) is 1. The van der Waals surface area contributed by atoms with Gasteiger partial charge in [-0.15, -0.1) is 0 Å². The van der Waals surface area contributed by atoms with E-state index in [1.165, 1.54) is 16.8 Å². The smallest absolute Gasteiger partial charge is 0.323 e. The average molecular weight is 306 g/mol. The highest BCUT2D eigenvalue weighted by Gasteiger charge is 2.19. The first-order valence-corrected chi connectivity index (χ1v) is 7.88. The molecule has 0 saturated carbocycles. The minimum absolute atomic E-state index is 0.336. The summed E-state index contributed by atoms with van der Waals surface area (Å²) in [6.07, 6.45) is 0.509. The molecule has 1 unspecified atom stereocenters. The number of carbonyl (C=O) groups excluding carboxylic acids is 1. The first-order chi connectivity index (χ1) is 10.5. The maximum absolute atomic E-state index is 11.7. The molecule has 0 amide bonds. The molecule has 0 bridgehead atoms. The summed E-state index contributed by atoms with van der Waals surface area (Å²) in [5.41, 5.74) is 10.7. The zero-order chi connectivity index (χ0) is 16.1. The lowest BCUT2D eigenvalue weighted by molar-refractivity contribution is -0.144. The molecule has 122 valence electrons. The number of nitrogens with zero attached hydrogens (tertiary/aromatic N) is 1. The van der Waals surface area contributed by atoms with Gasteiger partial charge in [0.25, 0.3) is 0 Å². The molecule has 1 heterocycles. The van der Waals surface area contributed by atoms with Crippen molar-refractivity contribution in [3.05, 3.63) is 28.8 Å². The maximum atomic E-state index is 11.7. The Balaban J connectivity index is 2.14. The van der Waals surface area contributed by atoms with Crippen LogP contribution in [-0.2, 0) is 20.7 Å². The molecule has 5 heteroatoms. The number of carbonyl (C=O) groups is 1. The second-order valence-corrected chi connectivity index (χ2v) is 5.66. The van der Waals surface area contributed by atoms with Crippen LogP contribution in [0.3, 0.4) is 0 Å². The van der Waals surface area contributed by atoms with E-state index in [-0.39, 0.29) is 5.97 Å². The number of hydrogen-bond acceptors (Lipinski definition) is 5. The van der Waals surface area contributed by atoms with Gasteiger partial charge in [0.05, 0.1) is 19.8 Å². The fraction of sp³-hybridized carbons (Fsp3) is 0.588. The summed E-state index contributed by atoms with van der Waals surface area (Å²) in [6.45, 7) is 9.75. The zero-order valence-corrected chi connectivity index (χ0v) is 13.7. The first kappa shape index (κ1) is 16.8. The van der Waals surface area contributed by atoms with Crippen molar-refractivity contribution in [1.82, 2.24) is 0 Å². The van der Waals surface area contributed by atoms with E-state index in [0.717, 1.165) is 31.9 Å². The van der Waals surface area contributed by atoms with Gasteiger partial charge in [0.1, 0.15) is 6.04 Å². The molecular weight excluding hydrogens is 280 g/mol. The van der Waals surface area contributed by atoms with Crippen molar-refractivity contribution in [2.45, 2.75) is 33.2 Å². The molecule has 0 radical (unpaired) electrons. The standard InChI is InChI=1S/C17H26N2O3/c1-4-22-17(20)15(18)11-14-5-6-16(13(3)12(14)2)19-7-9-21-10-8-19/h5-6,15H,4,7-11,18H2,1-3H3. The Morgan fingerprint density at radius 3 is 2.64 bits per heavy atom. The van der Waals surface area contributed by atoms with Gasteiger partial charge in [-0.1, -0.05) is 6.07 Å². The topological polar surface area (TPSA) is 64.8 Å². The van der Waals surface area contributed by atoms with Crippen LogP contribution < -0.4 is 10.6 Å². The lowest BCUT2D eigenvalue weighted by atomic mass is 9.96. The molecule has 0 spiro atoms. The summed E-state index contributed by atoms with van der Waals surface area (Å²) in [5.74, 6) is -0.336. The highest BCUT2D eigenvalue weighted by Crippen LogP contribution is 2.27. The average Bonchev–Trinajstić information content (AvgIpc) is 2.53. The monoisotopic (exact) mass is 306 g/mol. The lowest BCUT2D eigenvalue weighted by Crippen LogP contribution is -2.37. The third-order valence-corrected chi connectivity index (χ3v) is 4.25. The lowest BCUT2D eigenvalue weighted by Gasteiger charge is -2.31. The van der Waals surface area contributed by atoms with Gasteiger partial charge in [0, 0.05) is 18.8 Å². The van der Waals surface area contributed by atoms with Crippen LogP contribution in [-0.4, -0.2) is 44.9 Å². The largest absolute Gasteiger partial charge is 0.465 e. The molecule has 1 aromatic carbocycles. The van der Waals surface area contributed by atoms with E-state index < -0.39 is 6.04 Å². The van der Waals surface area contributed by atoms with Crippen LogP contribution in [0.5, 0.6) is 0 Å². The van der Waals surface area contributed by atoms with Gasteiger partial charge < -0.3 is 20.1 Å². The summed E-state index contributed by atoms with van der Waals surface area (Å²) in [6, 6.07) is 3.60. The van der Waals surface area contributed by atoms with Gasteiger partial charge in [-0.05, 0) is 49.9 Å². The summed E-state index contributed by atoms with van der Waals surface area (Å²) in [5, 5.41) is 0. The molecule has 2 N–H and O–H groups in total. The van der Waals surface area contributed by atoms with Crippen LogP contribution in [0.25, 0.3) is 0 Å². The normalized spacial score (nSPS) is 16.5. The maximum Gasteiger partial charge on any atom is 0.323 e. The van der Waals surface area contributed by atoms with E-state index >= 15 is 0 Å². The summed E-state index contributed by atoms with van der Waals surface area (Å²) in [4.78, 5) is 14.0. The van der Waals surface area contributed by atoms with Crippen molar-refractivity contribution in [2.75, 3.05) is 37.8 Å². The minimum atomic E-state index is -0.604.